The van der Waals surface area contributed by atoms with E-state index in [1.54, 1.807) is 28.9 Å². The second-order valence-corrected chi connectivity index (χ2v) is 9.71. The second-order valence-electron chi connectivity index (χ2n) is 7.97. The summed E-state index contributed by atoms with van der Waals surface area (Å²) in [5.74, 6) is -0.412. The summed E-state index contributed by atoms with van der Waals surface area (Å²) in [6.07, 6.45) is 5.53. The molecule has 0 bridgehead atoms. The first-order valence-electron chi connectivity index (χ1n) is 10.6. The number of nitrogens with zero attached hydrogens (tertiary/aromatic N) is 2. The first-order valence-corrected chi connectivity index (χ1v) is 12.5. The van der Waals surface area contributed by atoms with Gasteiger partial charge in [0.15, 0.2) is 5.69 Å². The fraction of sp³-hybridized carbons (Fsp3) is 0.304. The minimum Gasteiger partial charge on any atom is -0.495 e. The van der Waals surface area contributed by atoms with Gasteiger partial charge in [0.25, 0.3) is 5.91 Å². The molecule has 0 spiro atoms. The molecule has 174 valence electrons. The number of aromatic nitrogens is 2. The highest BCUT2D eigenvalue weighted by atomic mass is 32.2. The maximum Gasteiger partial charge on any atom is 0.276 e. The molecular formula is C23H25FN4O4S. The lowest BCUT2D eigenvalue weighted by Crippen LogP contribution is -2.16. The number of amides is 1. The Kier molecular flexibility index (Phi) is 6.37. The lowest BCUT2D eigenvalue weighted by molar-refractivity contribution is 0.102. The van der Waals surface area contributed by atoms with E-state index in [0.29, 0.717) is 22.8 Å². The molecule has 8 nitrogen and oxygen atoms in total. The fourth-order valence-corrected chi connectivity index (χ4v) is 4.57. The first-order chi connectivity index (χ1) is 15.7. The molecule has 0 radical (unpaired) electrons. The van der Waals surface area contributed by atoms with Gasteiger partial charge in [-0.3, -0.25) is 9.52 Å². The Morgan fingerprint density at radius 2 is 1.82 bits per heavy atom. The van der Waals surface area contributed by atoms with Gasteiger partial charge in [0.05, 0.1) is 24.7 Å². The van der Waals surface area contributed by atoms with Crippen molar-refractivity contribution in [1.82, 2.24) is 9.78 Å². The maximum absolute atomic E-state index is 13.4. The molecule has 33 heavy (non-hydrogen) atoms. The van der Waals surface area contributed by atoms with Crippen LogP contribution >= 0.6 is 0 Å². The molecule has 2 N–H and O–H groups in total. The highest BCUT2D eigenvalue weighted by Gasteiger charge is 2.25. The van der Waals surface area contributed by atoms with Crippen LogP contribution < -0.4 is 14.8 Å². The number of ether oxygens (including phenoxy) is 1. The van der Waals surface area contributed by atoms with Crippen LogP contribution in [-0.2, 0) is 22.9 Å². The maximum atomic E-state index is 13.4. The summed E-state index contributed by atoms with van der Waals surface area (Å²) < 4.78 is 46.1. The van der Waals surface area contributed by atoms with Gasteiger partial charge in [-0.05, 0) is 68.1 Å². The van der Waals surface area contributed by atoms with Crippen molar-refractivity contribution >= 4 is 27.3 Å². The predicted octanol–water partition coefficient (Wildman–Crippen LogP) is 3.91. The molecular weight excluding hydrogens is 447 g/mol. The van der Waals surface area contributed by atoms with Crippen molar-refractivity contribution < 1.29 is 22.3 Å². The number of fused-ring (bicyclic) bond motifs is 1. The van der Waals surface area contributed by atoms with E-state index in [-0.39, 0.29) is 11.5 Å². The van der Waals surface area contributed by atoms with E-state index in [9.17, 15) is 17.6 Å². The number of halogens is 1. The SMILES string of the molecule is COc1ccc(NC(=O)c2nn(-c3ccc(F)cc3)c3c2CCCCC3)cc1NS(C)(=O)=O. The third kappa shape index (κ3) is 5.16. The quantitative estimate of drug-likeness (QED) is 0.530. The summed E-state index contributed by atoms with van der Waals surface area (Å²) in [5, 5.41) is 7.41. The highest BCUT2D eigenvalue weighted by Crippen LogP contribution is 2.30. The number of hydrogen-bond acceptors (Lipinski definition) is 5. The average molecular weight is 473 g/mol. The van der Waals surface area contributed by atoms with Crippen LogP contribution in [0.15, 0.2) is 42.5 Å². The van der Waals surface area contributed by atoms with E-state index in [1.807, 2.05) is 0 Å². The van der Waals surface area contributed by atoms with Crippen LogP contribution in [0, 0.1) is 5.82 Å². The molecule has 4 rings (SSSR count). The number of sulfonamides is 1. The van der Waals surface area contributed by atoms with E-state index < -0.39 is 15.9 Å². The summed E-state index contributed by atoms with van der Waals surface area (Å²) in [5.41, 5.74) is 3.46. The van der Waals surface area contributed by atoms with Gasteiger partial charge in [-0.1, -0.05) is 6.42 Å². The molecule has 1 aliphatic carbocycles. The summed E-state index contributed by atoms with van der Waals surface area (Å²) in [6, 6.07) is 10.7. The lowest BCUT2D eigenvalue weighted by atomic mass is 10.1. The van der Waals surface area contributed by atoms with Crippen LogP contribution in [0.25, 0.3) is 5.69 Å². The van der Waals surface area contributed by atoms with Crippen molar-refractivity contribution in [3.63, 3.8) is 0 Å². The number of carbonyl (C=O) groups is 1. The predicted molar refractivity (Wildman–Crippen MR) is 124 cm³/mol. The summed E-state index contributed by atoms with van der Waals surface area (Å²) in [6.45, 7) is 0. The van der Waals surface area contributed by atoms with Gasteiger partial charge in [-0.25, -0.2) is 17.5 Å². The molecule has 1 amide bonds. The second kappa shape index (κ2) is 9.22. The fourth-order valence-electron chi connectivity index (χ4n) is 4.01. The zero-order valence-corrected chi connectivity index (χ0v) is 19.2. The molecule has 10 heteroatoms. The van der Waals surface area contributed by atoms with Crippen molar-refractivity contribution in [2.24, 2.45) is 0 Å². The van der Waals surface area contributed by atoms with Crippen LogP contribution in [-0.4, -0.2) is 37.5 Å². The molecule has 2 aromatic carbocycles. The van der Waals surface area contributed by atoms with E-state index in [2.05, 4.69) is 15.1 Å². The van der Waals surface area contributed by atoms with Gasteiger partial charge in [0.1, 0.15) is 11.6 Å². The minimum absolute atomic E-state index is 0.216. The minimum atomic E-state index is -3.54. The summed E-state index contributed by atoms with van der Waals surface area (Å²) >= 11 is 0. The third-order valence-electron chi connectivity index (χ3n) is 5.47. The van der Waals surface area contributed by atoms with E-state index in [4.69, 9.17) is 4.74 Å². The third-order valence-corrected chi connectivity index (χ3v) is 6.06. The lowest BCUT2D eigenvalue weighted by Gasteiger charge is -2.12. The molecule has 0 saturated carbocycles. The Hall–Kier alpha value is -3.40. The van der Waals surface area contributed by atoms with Crippen molar-refractivity contribution in [2.45, 2.75) is 32.1 Å². The zero-order valence-electron chi connectivity index (χ0n) is 18.4. The van der Waals surface area contributed by atoms with Crippen LogP contribution in [0.5, 0.6) is 5.75 Å². The van der Waals surface area contributed by atoms with Crippen molar-refractivity contribution in [1.29, 1.82) is 0 Å². The topological polar surface area (TPSA) is 102 Å². The number of nitrogens with one attached hydrogen (secondary N) is 2. The van der Waals surface area contributed by atoms with Crippen LogP contribution in [0.2, 0.25) is 0 Å². The van der Waals surface area contributed by atoms with E-state index in [0.717, 1.165) is 49.6 Å². The first kappa shape index (κ1) is 22.8. The molecule has 0 aliphatic heterocycles. The summed E-state index contributed by atoms with van der Waals surface area (Å²) in [7, 11) is -2.11. The van der Waals surface area contributed by atoms with E-state index >= 15 is 0 Å². The number of hydrogen-bond donors (Lipinski definition) is 2. The van der Waals surface area contributed by atoms with Crippen molar-refractivity contribution in [2.75, 3.05) is 23.4 Å². The Balaban J connectivity index is 1.69. The molecule has 1 aliphatic rings. The molecule has 0 unspecified atom stereocenters. The number of carbonyl (C=O) groups excluding carboxylic acids is 1. The molecule has 0 fully saturated rings. The zero-order chi connectivity index (χ0) is 23.6. The van der Waals surface area contributed by atoms with E-state index in [1.165, 1.54) is 25.3 Å². The smallest absolute Gasteiger partial charge is 0.276 e. The molecule has 1 aromatic heterocycles. The number of rotatable bonds is 6. The van der Waals surface area contributed by atoms with Gasteiger partial charge in [0.2, 0.25) is 10.0 Å². The number of benzene rings is 2. The Morgan fingerprint density at radius 3 is 2.52 bits per heavy atom. The van der Waals surface area contributed by atoms with Crippen LogP contribution in [0.3, 0.4) is 0 Å². The Morgan fingerprint density at radius 1 is 1.09 bits per heavy atom. The van der Waals surface area contributed by atoms with Gasteiger partial charge in [-0.2, -0.15) is 5.10 Å². The highest BCUT2D eigenvalue weighted by molar-refractivity contribution is 7.92. The monoisotopic (exact) mass is 472 g/mol. The van der Waals surface area contributed by atoms with Crippen LogP contribution in [0.1, 0.15) is 41.0 Å². The Bertz CT molecular complexity index is 1290. The van der Waals surface area contributed by atoms with Crippen LogP contribution in [0.4, 0.5) is 15.8 Å². The summed E-state index contributed by atoms with van der Waals surface area (Å²) in [4.78, 5) is 13.2. The number of methoxy groups -OCH3 is 1. The standard InChI is InChI=1S/C23H25FN4O4S/c1-32-21-13-10-16(14-19(21)27-33(2,30)31)25-23(29)22-18-6-4-3-5-7-20(18)28(26-22)17-11-8-15(24)9-12-17/h8-14,27H,3-7H2,1-2H3,(H,25,29). The largest absolute Gasteiger partial charge is 0.495 e. The molecule has 0 saturated heterocycles. The van der Waals surface area contributed by atoms with Gasteiger partial charge >= 0.3 is 0 Å². The number of anilines is 2. The van der Waals surface area contributed by atoms with Gasteiger partial charge in [-0.15, -0.1) is 0 Å². The Labute approximate surface area is 191 Å². The van der Waals surface area contributed by atoms with Gasteiger partial charge < -0.3 is 10.1 Å². The molecule has 1 heterocycles. The average Bonchev–Trinajstić information content (AvgIpc) is 2.95. The molecule has 0 atom stereocenters. The molecule has 3 aromatic rings. The van der Waals surface area contributed by atoms with Gasteiger partial charge in [0, 0.05) is 16.9 Å². The van der Waals surface area contributed by atoms with Crippen molar-refractivity contribution in [3.8, 4) is 11.4 Å². The normalized spacial score (nSPS) is 13.7. The van der Waals surface area contributed by atoms with Crippen molar-refractivity contribution in [3.05, 3.63) is 65.2 Å².